The number of nitrogens with zero attached hydrogens (tertiary/aromatic N) is 1. The normalized spacial score (nSPS) is 14.5. The number of nitrogens with one attached hydrogen (secondary N) is 2. The van der Waals surface area contributed by atoms with Gasteiger partial charge in [0.25, 0.3) is 0 Å². The maximum absolute atomic E-state index is 10.6. The Morgan fingerprint density at radius 1 is 1.16 bits per heavy atom. The summed E-state index contributed by atoms with van der Waals surface area (Å²) >= 11 is 0. The molecule has 172 valence electrons. The molecular formula is C23H26F3N3O3. The number of carbonyl (C=O) groups is 1. The molecule has 4 rings (SSSR count). The molecule has 6 nitrogen and oxygen atoms in total. The Kier molecular flexibility index (Phi) is 7.63. The molecule has 1 saturated heterocycles. The number of hydrogen-bond donors (Lipinski definition) is 3. The largest absolute Gasteiger partial charge is 0.497 e. The summed E-state index contributed by atoms with van der Waals surface area (Å²) in [4.78, 5) is 14.7. The van der Waals surface area contributed by atoms with Gasteiger partial charge in [0, 0.05) is 35.4 Å². The van der Waals surface area contributed by atoms with Crippen molar-refractivity contribution in [3.63, 3.8) is 0 Å². The topological polar surface area (TPSA) is 77.6 Å². The van der Waals surface area contributed by atoms with E-state index in [1.807, 2.05) is 12.3 Å². The van der Waals surface area contributed by atoms with Crippen molar-refractivity contribution in [2.45, 2.75) is 31.6 Å². The Morgan fingerprint density at radius 2 is 1.88 bits per heavy atom. The third-order valence-corrected chi connectivity index (χ3v) is 5.35. The zero-order valence-electron chi connectivity index (χ0n) is 17.7. The van der Waals surface area contributed by atoms with Crippen LogP contribution in [0.3, 0.4) is 0 Å². The van der Waals surface area contributed by atoms with Crippen molar-refractivity contribution in [3.05, 3.63) is 60.3 Å². The van der Waals surface area contributed by atoms with E-state index in [2.05, 4.69) is 57.7 Å². The third kappa shape index (κ3) is 6.16. The van der Waals surface area contributed by atoms with Gasteiger partial charge in [0.1, 0.15) is 5.75 Å². The molecule has 3 aromatic rings. The zero-order valence-corrected chi connectivity index (χ0v) is 17.7. The van der Waals surface area contributed by atoms with Crippen LogP contribution < -0.4 is 15.0 Å². The summed E-state index contributed by atoms with van der Waals surface area (Å²) in [7, 11) is 1.73. The number of H-pyrrole nitrogens is 1. The average molecular weight is 449 g/mol. The second-order valence-corrected chi connectivity index (χ2v) is 7.51. The first-order valence-electron chi connectivity index (χ1n) is 10.3. The number of methoxy groups -OCH3 is 1. The molecular weight excluding hydrogens is 423 g/mol. The van der Waals surface area contributed by atoms with E-state index >= 15 is 0 Å². The van der Waals surface area contributed by atoms with Crippen LogP contribution in [0.15, 0.2) is 54.7 Å². The first kappa shape index (κ1) is 23.5. The number of alkyl halides is 3. The fraction of sp³-hybridized carbons (Fsp3) is 0.348. The first-order valence-corrected chi connectivity index (χ1v) is 10.3. The molecule has 0 unspecified atom stereocenters. The van der Waals surface area contributed by atoms with Crippen molar-refractivity contribution in [2.75, 3.05) is 25.1 Å². The number of aromatic amines is 1. The van der Waals surface area contributed by atoms with Gasteiger partial charge in [-0.2, -0.15) is 13.2 Å². The minimum atomic E-state index is -5.08. The smallest absolute Gasteiger partial charge is 0.490 e. The van der Waals surface area contributed by atoms with E-state index < -0.39 is 12.1 Å². The van der Waals surface area contributed by atoms with Crippen LogP contribution >= 0.6 is 0 Å². The summed E-state index contributed by atoms with van der Waals surface area (Å²) in [5.74, 6) is -1.84. The highest BCUT2D eigenvalue weighted by Gasteiger charge is 2.38. The number of piperidine rings is 1. The lowest BCUT2D eigenvalue weighted by atomic mass is 10.0. The Morgan fingerprint density at radius 3 is 2.53 bits per heavy atom. The lowest BCUT2D eigenvalue weighted by Crippen LogP contribution is -2.43. The fourth-order valence-electron chi connectivity index (χ4n) is 3.74. The number of carboxylic acids is 1. The van der Waals surface area contributed by atoms with Gasteiger partial charge in [-0.3, -0.25) is 0 Å². The van der Waals surface area contributed by atoms with E-state index in [9.17, 15) is 13.2 Å². The van der Waals surface area contributed by atoms with Crippen LogP contribution in [0, 0.1) is 0 Å². The summed E-state index contributed by atoms with van der Waals surface area (Å²) in [6, 6.07) is 17.8. The van der Waals surface area contributed by atoms with E-state index in [1.54, 1.807) is 7.11 Å². The molecule has 1 fully saturated rings. The van der Waals surface area contributed by atoms with Gasteiger partial charge >= 0.3 is 12.1 Å². The minimum Gasteiger partial charge on any atom is -0.497 e. The highest BCUT2D eigenvalue weighted by molar-refractivity contribution is 5.83. The number of anilines is 1. The van der Waals surface area contributed by atoms with Gasteiger partial charge in [-0.1, -0.05) is 12.1 Å². The summed E-state index contributed by atoms with van der Waals surface area (Å²) < 4.78 is 37.1. The molecule has 0 bridgehead atoms. The number of rotatable bonds is 5. The van der Waals surface area contributed by atoms with Crippen molar-refractivity contribution in [1.82, 2.24) is 10.3 Å². The van der Waals surface area contributed by atoms with Crippen molar-refractivity contribution in [3.8, 4) is 5.75 Å². The number of hydrogen-bond acceptors (Lipinski definition) is 4. The molecule has 0 atom stereocenters. The average Bonchev–Trinajstić information content (AvgIpc) is 3.26. The molecule has 2 heterocycles. The van der Waals surface area contributed by atoms with Gasteiger partial charge in [0.15, 0.2) is 0 Å². The fourth-order valence-corrected chi connectivity index (χ4v) is 3.74. The lowest BCUT2D eigenvalue weighted by Gasteiger charge is -2.36. The van der Waals surface area contributed by atoms with E-state index in [-0.39, 0.29) is 0 Å². The Balaban J connectivity index is 0.000000360. The number of carboxylic acid groups (broad SMARTS) is 1. The third-order valence-electron chi connectivity index (χ3n) is 5.35. The number of benzene rings is 2. The molecule has 1 aliphatic heterocycles. The molecule has 0 amide bonds. The number of ether oxygens (including phenoxy) is 1. The summed E-state index contributed by atoms with van der Waals surface area (Å²) in [5.41, 5.74) is 3.77. The Bertz CT molecular complexity index is 1030. The van der Waals surface area contributed by atoms with Gasteiger partial charge in [-0.15, -0.1) is 0 Å². The number of fused-ring (bicyclic) bond motifs is 1. The lowest BCUT2D eigenvalue weighted by molar-refractivity contribution is -0.192. The molecule has 32 heavy (non-hydrogen) atoms. The highest BCUT2D eigenvalue weighted by atomic mass is 19.4. The maximum Gasteiger partial charge on any atom is 0.490 e. The van der Waals surface area contributed by atoms with Crippen molar-refractivity contribution < 1.29 is 27.8 Å². The molecule has 0 spiro atoms. The second kappa shape index (κ2) is 10.4. The maximum atomic E-state index is 10.6. The summed E-state index contributed by atoms with van der Waals surface area (Å²) in [6.07, 6.45) is -0.727. The molecule has 0 radical (unpaired) electrons. The van der Waals surface area contributed by atoms with Gasteiger partial charge in [-0.05, 0) is 67.9 Å². The van der Waals surface area contributed by atoms with Crippen molar-refractivity contribution >= 4 is 22.6 Å². The Hall–Kier alpha value is -3.20. The van der Waals surface area contributed by atoms with Crippen LogP contribution in [-0.4, -0.2) is 48.5 Å². The summed E-state index contributed by atoms with van der Waals surface area (Å²) in [5, 5.41) is 11.9. The quantitative estimate of drug-likeness (QED) is 0.532. The Labute approximate surface area is 184 Å². The molecule has 0 saturated carbocycles. The second-order valence-electron chi connectivity index (χ2n) is 7.51. The van der Waals surface area contributed by atoms with Crippen LogP contribution in [0.5, 0.6) is 5.75 Å². The van der Waals surface area contributed by atoms with Crippen molar-refractivity contribution in [2.24, 2.45) is 0 Å². The van der Waals surface area contributed by atoms with Crippen LogP contribution in [0.1, 0.15) is 18.4 Å². The number of aromatic nitrogens is 1. The first-order chi connectivity index (χ1) is 15.3. The highest BCUT2D eigenvalue weighted by Crippen LogP contribution is 2.28. The van der Waals surface area contributed by atoms with E-state index in [1.165, 1.54) is 35.0 Å². The zero-order chi connectivity index (χ0) is 23.1. The van der Waals surface area contributed by atoms with Crippen LogP contribution in [-0.2, 0) is 11.3 Å². The number of halogens is 3. The molecule has 1 aliphatic rings. The van der Waals surface area contributed by atoms with Crippen molar-refractivity contribution in [1.29, 1.82) is 0 Å². The molecule has 2 aromatic carbocycles. The minimum absolute atomic E-state index is 0.559. The summed E-state index contributed by atoms with van der Waals surface area (Å²) in [6.45, 7) is 3.08. The monoisotopic (exact) mass is 449 g/mol. The van der Waals surface area contributed by atoms with Gasteiger partial charge in [0.05, 0.1) is 7.11 Å². The molecule has 0 aliphatic carbocycles. The molecule has 1 aromatic heterocycles. The molecule has 9 heteroatoms. The standard InChI is InChI=1S/C21H25N3O.C2HF3O2/c1-25-20-4-2-3-16(13-20)15-24(18-8-10-22-11-9-18)19-5-6-21-17(14-19)7-12-23-21;3-2(4,5)1(6)7/h2-7,12-14,18,22-23H,8-11,15H2,1H3;(H,6,7). The van der Waals surface area contributed by atoms with E-state index in [4.69, 9.17) is 14.6 Å². The van der Waals surface area contributed by atoms with Crippen LogP contribution in [0.2, 0.25) is 0 Å². The van der Waals surface area contributed by atoms with E-state index in [0.29, 0.717) is 6.04 Å². The van der Waals surface area contributed by atoms with E-state index in [0.717, 1.165) is 25.4 Å². The van der Waals surface area contributed by atoms with Gasteiger partial charge in [-0.25, -0.2) is 4.79 Å². The van der Waals surface area contributed by atoms with Crippen LogP contribution in [0.4, 0.5) is 18.9 Å². The SMILES string of the molecule is COc1cccc(CN(c2ccc3[nH]ccc3c2)C2CCNCC2)c1.O=C(O)C(F)(F)F. The predicted molar refractivity (Wildman–Crippen MR) is 117 cm³/mol. The van der Waals surface area contributed by atoms with Gasteiger partial charge < -0.3 is 25.0 Å². The van der Waals surface area contributed by atoms with Gasteiger partial charge in [0.2, 0.25) is 0 Å². The number of aliphatic carboxylic acids is 1. The predicted octanol–water partition coefficient (Wildman–Crippen LogP) is 4.57. The van der Waals surface area contributed by atoms with Crippen LogP contribution in [0.25, 0.3) is 10.9 Å². The molecule has 3 N–H and O–H groups in total.